The number of hydrogen-bond acceptors (Lipinski definition) is 1. The SMILES string of the molecule is Nc1cccc2c1=CC1(C=2)CCCC1. The van der Waals surface area contributed by atoms with Gasteiger partial charge in [-0.25, -0.2) is 0 Å². The Morgan fingerprint density at radius 3 is 2.57 bits per heavy atom. The molecule has 0 aromatic heterocycles. The van der Waals surface area contributed by atoms with Gasteiger partial charge >= 0.3 is 0 Å². The molecule has 0 heterocycles. The van der Waals surface area contributed by atoms with Crippen LogP contribution in [0.4, 0.5) is 5.69 Å². The van der Waals surface area contributed by atoms with Crippen molar-refractivity contribution in [3.05, 3.63) is 28.6 Å². The molecule has 0 radical (unpaired) electrons. The van der Waals surface area contributed by atoms with Crippen LogP contribution in [0.2, 0.25) is 0 Å². The van der Waals surface area contributed by atoms with Crippen molar-refractivity contribution in [2.24, 2.45) is 5.41 Å². The van der Waals surface area contributed by atoms with Crippen LogP contribution in [0.3, 0.4) is 0 Å². The molecule has 2 N–H and O–H groups in total. The minimum absolute atomic E-state index is 0.359. The summed E-state index contributed by atoms with van der Waals surface area (Å²) in [6, 6.07) is 6.22. The zero-order valence-electron chi connectivity index (χ0n) is 8.29. The van der Waals surface area contributed by atoms with Crippen LogP contribution in [0.5, 0.6) is 0 Å². The van der Waals surface area contributed by atoms with Crippen LogP contribution in [0.25, 0.3) is 12.2 Å². The topological polar surface area (TPSA) is 26.0 Å². The first kappa shape index (κ1) is 8.10. The van der Waals surface area contributed by atoms with Gasteiger partial charge in [0.2, 0.25) is 0 Å². The van der Waals surface area contributed by atoms with Gasteiger partial charge in [-0.1, -0.05) is 37.1 Å². The van der Waals surface area contributed by atoms with Gasteiger partial charge in [0.1, 0.15) is 0 Å². The van der Waals surface area contributed by atoms with Crippen molar-refractivity contribution in [3.8, 4) is 0 Å². The molecule has 1 spiro atoms. The van der Waals surface area contributed by atoms with Gasteiger partial charge in [-0.2, -0.15) is 0 Å². The van der Waals surface area contributed by atoms with Crippen molar-refractivity contribution in [3.63, 3.8) is 0 Å². The van der Waals surface area contributed by atoms with Crippen molar-refractivity contribution in [2.45, 2.75) is 25.7 Å². The molecule has 0 amide bonds. The smallest absolute Gasteiger partial charge is 0.0390 e. The number of hydrogen-bond donors (Lipinski definition) is 1. The Morgan fingerprint density at radius 2 is 1.86 bits per heavy atom. The highest BCUT2D eigenvalue weighted by Gasteiger charge is 2.31. The molecule has 1 aromatic rings. The Morgan fingerprint density at radius 1 is 1.07 bits per heavy atom. The van der Waals surface area contributed by atoms with Gasteiger partial charge in [0.15, 0.2) is 0 Å². The van der Waals surface area contributed by atoms with Gasteiger partial charge in [0.05, 0.1) is 0 Å². The molecule has 0 saturated heterocycles. The molecule has 1 aromatic carbocycles. The van der Waals surface area contributed by atoms with Crippen LogP contribution in [0.15, 0.2) is 18.2 Å². The molecule has 1 nitrogen and oxygen atoms in total. The zero-order chi connectivity index (χ0) is 9.60. The fourth-order valence-electron chi connectivity index (χ4n) is 2.85. The number of fused-ring (bicyclic) bond motifs is 1. The predicted molar refractivity (Wildman–Crippen MR) is 59.9 cm³/mol. The summed E-state index contributed by atoms with van der Waals surface area (Å²) in [4.78, 5) is 0. The molecule has 0 atom stereocenters. The predicted octanol–water partition coefficient (Wildman–Crippen LogP) is 1.40. The lowest BCUT2D eigenvalue weighted by molar-refractivity contribution is 0.594. The highest BCUT2D eigenvalue weighted by atomic mass is 14.6. The van der Waals surface area contributed by atoms with Crippen molar-refractivity contribution in [2.75, 3.05) is 5.73 Å². The van der Waals surface area contributed by atoms with Gasteiger partial charge in [-0.3, -0.25) is 0 Å². The summed E-state index contributed by atoms with van der Waals surface area (Å²) in [6.45, 7) is 0. The fraction of sp³-hybridized carbons (Fsp3) is 0.385. The number of rotatable bonds is 0. The van der Waals surface area contributed by atoms with E-state index in [1.54, 1.807) is 0 Å². The standard InChI is InChI=1S/C13H15N/c14-12-5-3-4-10-8-13(9-11(10)12)6-1-2-7-13/h3-5,8-9H,1-2,6-7,14H2. The molecule has 2 aliphatic carbocycles. The monoisotopic (exact) mass is 185 g/mol. The molecule has 2 aliphatic rings. The summed E-state index contributed by atoms with van der Waals surface area (Å²) in [5.74, 6) is 0. The van der Waals surface area contributed by atoms with E-state index in [0.717, 1.165) is 5.69 Å². The number of nitrogens with two attached hydrogens (primary N) is 1. The minimum Gasteiger partial charge on any atom is -0.398 e. The van der Waals surface area contributed by atoms with E-state index in [2.05, 4.69) is 18.2 Å². The van der Waals surface area contributed by atoms with Gasteiger partial charge in [-0.05, 0) is 24.1 Å². The Bertz CT molecular complexity index is 478. The lowest BCUT2D eigenvalue weighted by atomic mass is 9.88. The van der Waals surface area contributed by atoms with Gasteiger partial charge < -0.3 is 5.73 Å². The third-order valence-corrected chi connectivity index (χ3v) is 3.58. The van der Waals surface area contributed by atoms with Crippen LogP contribution in [0, 0.1) is 5.41 Å². The van der Waals surface area contributed by atoms with E-state index in [4.69, 9.17) is 5.73 Å². The molecule has 1 heteroatoms. The maximum atomic E-state index is 5.97. The number of anilines is 1. The van der Waals surface area contributed by atoms with E-state index in [-0.39, 0.29) is 0 Å². The molecule has 1 fully saturated rings. The van der Waals surface area contributed by atoms with Crippen LogP contribution in [-0.4, -0.2) is 0 Å². The van der Waals surface area contributed by atoms with Gasteiger partial charge in [0.25, 0.3) is 0 Å². The minimum atomic E-state index is 0.359. The summed E-state index contributed by atoms with van der Waals surface area (Å²) >= 11 is 0. The highest BCUT2D eigenvalue weighted by Crippen LogP contribution is 2.42. The van der Waals surface area contributed by atoms with E-state index in [1.165, 1.54) is 36.1 Å². The second-order valence-electron chi connectivity index (χ2n) is 4.58. The fourth-order valence-corrected chi connectivity index (χ4v) is 2.85. The lowest BCUT2D eigenvalue weighted by Gasteiger charge is -2.16. The van der Waals surface area contributed by atoms with Gasteiger partial charge in [0, 0.05) is 16.3 Å². The summed E-state index contributed by atoms with van der Waals surface area (Å²) in [5.41, 5.74) is 7.26. The molecule has 1 saturated carbocycles. The highest BCUT2D eigenvalue weighted by molar-refractivity contribution is 5.62. The van der Waals surface area contributed by atoms with Crippen LogP contribution in [-0.2, 0) is 0 Å². The maximum absolute atomic E-state index is 5.97. The van der Waals surface area contributed by atoms with Crippen molar-refractivity contribution in [1.82, 2.24) is 0 Å². The second-order valence-corrected chi connectivity index (χ2v) is 4.58. The molecule has 14 heavy (non-hydrogen) atoms. The Labute approximate surface area is 83.9 Å². The first-order chi connectivity index (χ1) is 6.79. The molecule has 72 valence electrons. The summed E-state index contributed by atoms with van der Waals surface area (Å²) in [6.07, 6.45) is 10.2. The average Bonchev–Trinajstić information content (AvgIpc) is 2.75. The maximum Gasteiger partial charge on any atom is 0.0390 e. The molecular formula is C13H15N. The quantitative estimate of drug-likeness (QED) is 0.607. The first-order valence-electron chi connectivity index (χ1n) is 5.39. The summed E-state index contributed by atoms with van der Waals surface area (Å²) in [5, 5.41) is 2.61. The zero-order valence-corrected chi connectivity index (χ0v) is 8.29. The average molecular weight is 185 g/mol. The summed E-state index contributed by atoms with van der Waals surface area (Å²) in [7, 11) is 0. The lowest BCUT2D eigenvalue weighted by Crippen LogP contribution is -2.23. The van der Waals surface area contributed by atoms with Crippen LogP contribution >= 0.6 is 0 Å². The van der Waals surface area contributed by atoms with Gasteiger partial charge in [-0.15, -0.1) is 0 Å². The third-order valence-electron chi connectivity index (χ3n) is 3.58. The first-order valence-corrected chi connectivity index (χ1v) is 5.39. The Hall–Kier alpha value is -1.24. The van der Waals surface area contributed by atoms with Crippen molar-refractivity contribution >= 4 is 17.8 Å². The molecule has 0 unspecified atom stereocenters. The van der Waals surface area contributed by atoms with Crippen LogP contribution in [0.1, 0.15) is 25.7 Å². The van der Waals surface area contributed by atoms with E-state index in [9.17, 15) is 0 Å². The number of nitrogen functional groups attached to an aromatic ring is 1. The molecule has 0 bridgehead atoms. The van der Waals surface area contributed by atoms with E-state index in [1.807, 2.05) is 12.1 Å². The van der Waals surface area contributed by atoms with Crippen molar-refractivity contribution in [1.29, 1.82) is 0 Å². The molecular weight excluding hydrogens is 170 g/mol. The molecule has 0 aliphatic heterocycles. The number of benzene rings is 1. The Balaban J connectivity index is 2.26. The van der Waals surface area contributed by atoms with E-state index in [0.29, 0.717) is 5.41 Å². The molecule has 3 rings (SSSR count). The largest absolute Gasteiger partial charge is 0.398 e. The van der Waals surface area contributed by atoms with Crippen LogP contribution < -0.4 is 16.2 Å². The van der Waals surface area contributed by atoms with E-state index < -0.39 is 0 Å². The Kier molecular flexibility index (Phi) is 1.52. The normalized spacial score (nSPS) is 21.7. The van der Waals surface area contributed by atoms with E-state index >= 15 is 0 Å². The summed E-state index contributed by atoms with van der Waals surface area (Å²) < 4.78 is 0. The van der Waals surface area contributed by atoms with Crippen molar-refractivity contribution < 1.29 is 0 Å². The second kappa shape index (κ2) is 2.63. The third kappa shape index (κ3) is 1.02.